The fourth-order valence-electron chi connectivity index (χ4n) is 4.93. The van der Waals surface area contributed by atoms with E-state index < -0.39 is 23.7 Å². The van der Waals surface area contributed by atoms with Gasteiger partial charge >= 0.3 is 12.1 Å². The van der Waals surface area contributed by atoms with Crippen LogP contribution in [0.3, 0.4) is 0 Å². The van der Waals surface area contributed by atoms with Gasteiger partial charge in [0.25, 0.3) is 5.91 Å². The molecule has 0 heterocycles. The number of carbonyl (C=O) groups is 3. The van der Waals surface area contributed by atoms with Crippen molar-refractivity contribution < 1.29 is 33.3 Å². The number of nitriles is 1. The highest BCUT2D eigenvalue weighted by atomic mass is 16.6. The van der Waals surface area contributed by atoms with Crippen LogP contribution in [0.1, 0.15) is 80.9 Å². The number of ether oxygens (including phenoxy) is 4. The Kier molecular flexibility index (Phi) is 11.2. The number of benzene rings is 3. The molecule has 1 aliphatic carbocycles. The second kappa shape index (κ2) is 15.3. The van der Waals surface area contributed by atoms with Crippen LogP contribution in [-0.4, -0.2) is 42.3 Å². The highest BCUT2D eigenvalue weighted by Crippen LogP contribution is 2.31. The fourth-order valence-corrected chi connectivity index (χ4v) is 4.93. The topological polar surface area (TPSA) is 162 Å². The molecule has 3 aromatic carbocycles. The lowest BCUT2D eigenvalue weighted by Crippen LogP contribution is -2.45. The number of hydrogen-bond acceptors (Lipinski definition) is 9. The molecule has 0 saturated heterocycles. The predicted molar refractivity (Wildman–Crippen MR) is 171 cm³/mol. The van der Waals surface area contributed by atoms with Crippen molar-refractivity contribution in [2.45, 2.75) is 77.1 Å². The van der Waals surface area contributed by atoms with Gasteiger partial charge in [-0.15, -0.1) is 0 Å². The number of alkyl carbamates (subject to hydrolysis) is 1. The van der Waals surface area contributed by atoms with Gasteiger partial charge in [0.2, 0.25) is 0 Å². The van der Waals surface area contributed by atoms with Gasteiger partial charge in [0.05, 0.1) is 18.2 Å². The highest BCUT2D eigenvalue weighted by molar-refractivity contribution is 5.95. The van der Waals surface area contributed by atoms with Gasteiger partial charge in [-0.25, -0.2) is 9.59 Å². The van der Waals surface area contributed by atoms with Gasteiger partial charge in [0, 0.05) is 23.7 Å². The minimum atomic E-state index is -0.920. The third kappa shape index (κ3) is 9.97. The fraction of sp³-hybridized carbons (Fsp3) is 0.371. The largest absolute Gasteiger partial charge is 0.465 e. The van der Waals surface area contributed by atoms with E-state index in [4.69, 9.17) is 29.9 Å². The van der Waals surface area contributed by atoms with Gasteiger partial charge in [0.15, 0.2) is 0 Å². The molecule has 2 amide bonds. The van der Waals surface area contributed by atoms with Crippen molar-refractivity contribution in [2.75, 3.05) is 6.61 Å². The Hall–Kier alpha value is -5.08. The molecule has 1 aliphatic rings. The van der Waals surface area contributed by atoms with Crippen LogP contribution in [0.5, 0.6) is 23.0 Å². The molecule has 4 rings (SSSR count). The molecule has 0 aromatic heterocycles. The summed E-state index contributed by atoms with van der Waals surface area (Å²) >= 11 is 0. The lowest BCUT2D eigenvalue weighted by molar-refractivity contribution is -0.144. The molecular weight excluding hydrogens is 588 g/mol. The zero-order valence-corrected chi connectivity index (χ0v) is 26.5. The minimum Gasteiger partial charge on any atom is -0.465 e. The normalized spacial score (nSPS) is 16.7. The van der Waals surface area contributed by atoms with E-state index in [2.05, 4.69) is 16.7 Å². The van der Waals surface area contributed by atoms with E-state index in [0.29, 0.717) is 65.4 Å². The van der Waals surface area contributed by atoms with Gasteiger partial charge < -0.3 is 35.3 Å². The predicted octanol–water partition coefficient (Wildman–Crippen LogP) is 6.27. The third-order valence-corrected chi connectivity index (χ3v) is 7.16. The van der Waals surface area contributed by atoms with Crippen molar-refractivity contribution in [3.63, 3.8) is 0 Å². The van der Waals surface area contributed by atoms with Crippen LogP contribution in [0.15, 0.2) is 66.7 Å². The van der Waals surface area contributed by atoms with E-state index in [0.717, 1.165) is 0 Å². The van der Waals surface area contributed by atoms with Crippen LogP contribution in [0.4, 0.5) is 4.79 Å². The number of carbonyl (C=O) groups excluding carboxylic acids is 3. The van der Waals surface area contributed by atoms with Crippen molar-refractivity contribution in [2.24, 2.45) is 5.73 Å². The molecule has 0 bridgehead atoms. The molecule has 4 N–H and O–H groups in total. The summed E-state index contributed by atoms with van der Waals surface area (Å²) in [6.07, 6.45) is 2.35. The Morgan fingerprint density at radius 3 is 1.87 bits per heavy atom. The number of hydrogen-bond donors (Lipinski definition) is 3. The summed E-state index contributed by atoms with van der Waals surface area (Å²) in [4.78, 5) is 37.6. The summed E-state index contributed by atoms with van der Waals surface area (Å²) in [6.45, 7) is 7.41. The summed E-state index contributed by atoms with van der Waals surface area (Å²) in [7, 11) is 0. The first-order chi connectivity index (χ1) is 21.9. The van der Waals surface area contributed by atoms with E-state index >= 15 is 0 Å². The summed E-state index contributed by atoms with van der Waals surface area (Å²) in [5.41, 5.74) is 6.82. The van der Waals surface area contributed by atoms with Crippen LogP contribution >= 0.6 is 0 Å². The lowest BCUT2D eigenvalue weighted by Gasteiger charge is -2.30. The first kappa shape index (κ1) is 33.8. The van der Waals surface area contributed by atoms with Gasteiger partial charge in [-0.05, 0) is 107 Å². The number of rotatable bonds is 10. The molecule has 1 saturated carbocycles. The van der Waals surface area contributed by atoms with Crippen LogP contribution < -0.4 is 25.8 Å². The van der Waals surface area contributed by atoms with Crippen molar-refractivity contribution in [3.05, 3.63) is 83.4 Å². The first-order valence-electron chi connectivity index (χ1n) is 15.3. The van der Waals surface area contributed by atoms with Crippen molar-refractivity contribution in [1.82, 2.24) is 10.6 Å². The summed E-state index contributed by atoms with van der Waals surface area (Å²) in [5.74, 6) is 0.831. The van der Waals surface area contributed by atoms with Crippen LogP contribution in [-0.2, 0) is 14.3 Å². The van der Waals surface area contributed by atoms with Crippen LogP contribution in [0, 0.1) is 11.3 Å². The Morgan fingerprint density at radius 2 is 1.37 bits per heavy atom. The maximum Gasteiger partial charge on any atom is 0.407 e. The molecular formula is C35H40N4O7. The maximum absolute atomic E-state index is 13.5. The van der Waals surface area contributed by atoms with Gasteiger partial charge in [-0.1, -0.05) is 12.1 Å². The smallest absolute Gasteiger partial charge is 0.407 e. The Balaban J connectivity index is 1.47. The van der Waals surface area contributed by atoms with E-state index in [1.165, 1.54) is 0 Å². The molecule has 0 aliphatic heterocycles. The number of esters is 1. The molecule has 0 radical (unpaired) electrons. The molecule has 242 valence electrons. The van der Waals surface area contributed by atoms with Gasteiger partial charge in [0.1, 0.15) is 34.6 Å². The maximum atomic E-state index is 13.5. The monoisotopic (exact) mass is 628 g/mol. The van der Waals surface area contributed by atoms with E-state index in [-0.39, 0.29) is 24.6 Å². The van der Waals surface area contributed by atoms with E-state index in [1.54, 1.807) is 73.7 Å². The molecule has 11 nitrogen and oxygen atoms in total. The Labute approximate surface area is 269 Å². The minimum absolute atomic E-state index is 0.0228. The Bertz CT molecular complexity index is 1550. The van der Waals surface area contributed by atoms with E-state index in [1.807, 2.05) is 20.8 Å². The van der Waals surface area contributed by atoms with Crippen molar-refractivity contribution >= 4 is 18.0 Å². The average molecular weight is 629 g/mol. The standard InChI is InChI=1S/C35H40N4O7/c1-5-43-33(41)31(37)23-8-16-28(17-9-23)45-30-19-24(18-29(20-30)44-27-14-6-22(21-36)7-15-27)32(40)38-25-10-12-26(13-11-25)39-34(42)46-35(2,3)4/h6-9,14-20,25-26,31H,5,10-13,37H2,1-4H3,(H,38,40)(H,39,42). The third-order valence-electron chi connectivity index (χ3n) is 7.16. The molecule has 11 heteroatoms. The lowest BCUT2D eigenvalue weighted by atomic mass is 9.91. The zero-order chi connectivity index (χ0) is 33.3. The Morgan fingerprint density at radius 1 is 0.848 bits per heavy atom. The molecule has 46 heavy (non-hydrogen) atoms. The highest BCUT2D eigenvalue weighted by Gasteiger charge is 2.26. The quantitative estimate of drug-likeness (QED) is 0.220. The van der Waals surface area contributed by atoms with Crippen LogP contribution in [0.25, 0.3) is 0 Å². The second-order valence-corrected chi connectivity index (χ2v) is 12.0. The average Bonchev–Trinajstić information content (AvgIpc) is 3.01. The first-order valence-corrected chi connectivity index (χ1v) is 15.3. The molecule has 1 atom stereocenters. The zero-order valence-electron chi connectivity index (χ0n) is 26.5. The number of nitrogens with zero attached hydrogens (tertiary/aromatic N) is 1. The van der Waals surface area contributed by atoms with Crippen molar-refractivity contribution in [3.8, 4) is 29.1 Å². The summed E-state index contributed by atoms with van der Waals surface area (Å²) in [6, 6.07) is 19.3. The number of amides is 2. The van der Waals surface area contributed by atoms with Gasteiger partial charge in [-0.3, -0.25) is 4.79 Å². The van der Waals surface area contributed by atoms with Crippen molar-refractivity contribution in [1.29, 1.82) is 5.26 Å². The number of nitrogens with one attached hydrogen (secondary N) is 2. The number of nitrogens with two attached hydrogens (primary N) is 1. The second-order valence-electron chi connectivity index (χ2n) is 12.0. The molecule has 1 unspecified atom stereocenters. The summed E-state index contributed by atoms with van der Waals surface area (Å²) < 4.78 is 22.5. The summed E-state index contributed by atoms with van der Waals surface area (Å²) in [5, 5.41) is 15.1. The molecule has 1 fully saturated rings. The van der Waals surface area contributed by atoms with Crippen LogP contribution in [0.2, 0.25) is 0 Å². The molecule has 0 spiro atoms. The van der Waals surface area contributed by atoms with E-state index in [9.17, 15) is 14.4 Å². The molecule has 3 aromatic rings. The van der Waals surface area contributed by atoms with Gasteiger partial charge in [-0.2, -0.15) is 5.26 Å². The SMILES string of the molecule is CCOC(=O)C(N)c1ccc(Oc2cc(Oc3ccc(C#N)cc3)cc(C(=O)NC3CCC(NC(=O)OC(C)(C)C)CC3)c2)cc1.